The van der Waals surface area contributed by atoms with Crippen LogP contribution in [0.3, 0.4) is 0 Å². The van der Waals surface area contributed by atoms with E-state index in [1.54, 1.807) is 12.1 Å². The van der Waals surface area contributed by atoms with Gasteiger partial charge in [-0.3, -0.25) is 4.79 Å². The van der Waals surface area contributed by atoms with Gasteiger partial charge in [-0.05, 0) is 23.8 Å². The maximum Gasteiger partial charge on any atom is 0.415 e. The van der Waals surface area contributed by atoms with E-state index in [0.29, 0.717) is 4.90 Å². The molecule has 0 spiro atoms. The Morgan fingerprint density at radius 1 is 1.24 bits per heavy atom. The molecule has 1 aliphatic rings. The van der Waals surface area contributed by atoms with Gasteiger partial charge in [-0.25, -0.2) is 18.5 Å². The van der Waals surface area contributed by atoms with Crippen LogP contribution in [0.5, 0.6) is 0 Å². The number of nitriles is 1. The van der Waals surface area contributed by atoms with Crippen molar-refractivity contribution in [1.29, 1.82) is 5.26 Å². The standard InChI is InChI=1S/C17H10F2N2O3S/c18-13-6-5-11(7-14(13)19)17(12-4-2-1-3-10(12)8-20)21(16(23)24)15(22)9-25-17/h1-7H,9H2,(H,23,24). The van der Waals surface area contributed by atoms with Crippen LogP contribution in [0, 0.1) is 23.0 Å². The Kier molecular flexibility index (Phi) is 4.18. The molecule has 1 fully saturated rings. The second-order valence-electron chi connectivity index (χ2n) is 5.23. The molecule has 2 amide bonds. The second-order valence-corrected chi connectivity index (χ2v) is 6.40. The molecule has 1 unspecified atom stereocenters. The summed E-state index contributed by atoms with van der Waals surface area (Å²) in [4.78, 5) is 22.9. The van der Waals surface area contributed by atoms with Crippen LogP contribution in [-0.2, 0) is 9.67 Å². The molecule has 2 aromatic rings. The quantitative estimate of drug-likeness (QED) is 0.889. The fourth-order valence-electron chi connectivity index (χ4n) is 2.86. The first-order valence-electron chi connectivity index (χ1n) is 7.07. The van der Waals surface area contributed by atoms with E-state index < -0.39 is 28.5 Å². The monoisotopic (exact) mass is 360 g/mol. The molecule has 8 heteroatoms. The molecule has 1 heterocycles. The zero-order chi connectivity index (χ0) is 18.2. The Hall–Kier alpha value is -2.92. The molecular formula is C17H10F2N2O3S. The Morgan fingerprint density at radius 2 is 1.96 bits per heavy atom. The molecule has 1 atom stereocenters. The molecule has 25 heavy (non-hydrogen) atoms. The SMILES string of the molecule is N#Cc1ccccc1C1(c2ccc(F)c(F)c2)SCC(=O)N1C(=O)O. The minimum Gasteiger partial charge on any atom is -0.465 e. The van der Waals surface area contributed by atoms with E-state index in [0.717, 1.165) is 23.9 Å². The van der Waals surface area contributed by atoms with Crippen molar-refractivity contribution in [2.24, 2.45) is 0 Å². The first-order valence-corrected chi connectivity index (χ1v) is 8.05. The van der Waals surface area contributed by atoms with Crippen LogP contribution in [0.1, 0.15) is 16.7 Å². The third-order valence-corrected chi connectivity index (χ3v) is 5.33. The van der Waals surface area contributed by atoms with Crippen molar-refractivity contribution in [3.63, 3.8) is 0 Å². The van der Waals surface area contributed by atoms with Crippen LogP contribution in [0.2, 0.25) is 0 Å². The maximum atomic E-state index is 13.8. The van der Waals surface area contributed by atoms with Crippen molar-refractivity contribution in [2.45, 2.75) is 4.87 Å². The summed E-state index contributed by atoms with van der Waals surface area (Å²) < 4.78 is 27.2. The predicted molar refractivity (Wildman–Crippen MR) is 85.6 cm³/mol. The number of rotatable bonds is 2. The van der Waals surface area contributed by atoms with Gasteiger partial charge in [-0.1, -0.05) is 24.3 Å². The number of carboxylic acid groups (broad SMARTS) is 1. The summed E-state index contributed by atoms with van der Waals surface area (Å²) in [5.74, 6) is -3.14. The van der Waals surface area contributed by atoms with Crippen molar-refractivity contribution >= 4 is 23.8 Å². The lowest BCUT2D eigenvalue weighted by atomic mass is 9.92. The minimum absolute atomic E-state index is 0.0624. The number of hydrogen-bond donors (Lipinski definition) is 1. The van der Waals surface area contributed by atoms with Crippen LogP contribution in [0.4, 0.5) is 13.6 Å². The summed E-state index contributed by atoms with van der Waals surface area (Å²) in [6.07, 6.45) is -1.53. The lowest BCUT2D eigenvalue weighted by Gasteiger charge is -2.35. The van der Waals surface area contributed by atoms with E-state index >= 15 is 0 Å². The predicted octanol–water partition coefficient (Wildman–Crippen LogP) is 3.29. The van der Waals surface area contributed by atoms with E-state index in [1.807, 2.05) is 6.07 Å². The number of benzene rings is 2. The highest BCUT2D eigenvalue weighted by molar-refractivity contribution is 8.01. The van der Waals surface area contributed by atoms with Gasteiger partial charge in [0, 0.05) is 5.56 Å². The van der Waals surface area contributed by atoms with E-state index in [-0.39, 0.29) is 22.4 Å². The van der Waals surface area contributed by atoms with Crippen LogP contribution >= 0.6 is 11.8 Å². The van der Waals surface area contributed by atoms with Gasteiger partial charge in [-0.2, -0.15) is 5.26 Å². The molecule has 2 aromatic carbocycles. The first-order chi connectivity index (χ1) is 11.9. The number of imide groups is 1. The van der Waals surface area contributed by atoms with Crippen molar-refractivity contribution in [2.75, 3.05) is 5.75 Å². The summed E-state index contributed by atoms with van der Waals surface area (Å²) >= 11 is 0.940. The highest BCUT2D eigenvalue weighted by Gasteiger charge is 2.53. The summed E-state index contributed by atoms with van der Waals surface area (Å²) in [5, 5.41) is 19.0. The molecule has 0 aliphatic carbocycles. The second kappa shape index (κ2) is 6.18. The molecule has 0 bridgehead atoms. The zero-order valence-corrected chi connectivity index (χ0v) is 13.4. The molecule has 0 saturated carbocycles. The summed E-state index contributed by atoms with van der Waals surface area (Å²) in [6, 6.07) is 11.0. The van der Waals surface area contributed by atoms with Gasteiger partial charge >= 0.3 is 6.09 Å². The topological polar surface area (TPSA) is 81.4 Å². The molecular weight excluding hydrogens is 350 g/mol. The number of amides is 2. The normalized spacial score (nSPS) is 19.7. The van der Waals surface area contributed by atoms with Crippen LogP contribution in [0.25, 0.3) is 0 Å². The Labute approximate surface area is 145 Å². The Balaban J connectivity index is 2.37. The number of thioether (sulfide) groups is 1. The molecule has 126 valence electrons. The van der Waals surface area contributed by atoms with Crippen LogP contribution in [0.15, 0.2) is 42.5 Å². The van der Waals surface area contributed by atoms with E-state index in [4.69, 9.17) is 0 Å². The summed E-state index contributed by atoms with van der Waals surface area (Å²) in [6.45, 7) is 0. The first kappa shape index (κ1) is 16.9. The van der Waals surface area contributed by atoms with Crippen molar-refractivity contribution < 1.29 is 23.5 Å². The van der Waals surface area contributed by atoms with Gasteiger partial charge in [0.2, 0.25) is 5.91 Å². The highest BCUT2D eigenvalue weighted by Crippen LogP contribution is 2.51. The van der Waals surface area contributed by atoms with Gasteiger partial charge in [0.15, 0.2) is 16.5 Å². The molecule has 3 rings (SSSR count). The minimum atomic E-state index is -1.66. The van der Waals surface area contributed by atoms with Gasteiger partial charge in [0.05, 0.1) is 17.4 Å². The number of carbonyl (C=O) groups excluding carboxylic acids is 1. The fourth-order valence-corrected chi connectivity index (χ4v) is 4.26. The Morgan fingerprint density at radius 3 is 2.60 bits per heavy atom. The molecule has 0 aromatic heterocycles. The number of nitrogens with zero attached hydrogens (tertiary/aromatic N) is 2. The largest absolute Gasteiger partial charge is 0.465 e. The molecule has 1 saturated heterocycles. The van der Waals surface area contributed by atoms with Gasteiger partial charge in [0.1, 0.15) is 0 Å². The zero-order valence-electron chi connectivity index (χ0n) is 12.6. The smallest absolute Gasteiger partial charge is 0.415 e. The lowest BCUT2D eigenvalue weighted by Crippen LogP contribution is -2.46. The molecule has 5 nitrogen and oxygen atoms in total. The number of carbonyl (C=O) groups is 2. The van der Waals surface area contributed by atoms with Crippen molar-refractivity contribution in [3.8, 4) is 6.07 Å². The van der Waals surface area contributed by atoms with Crippen LogP contribution in [-0.4, -0.2) is 27.8 Å². The molecule has 1 N–H and O–H groups in total. The summed E-state index contributed by atoms with van der Waals surface area (Å²) in [5.41, 5.74) is 0.426. The Bertz CT molecular complexity index is 928. The number of halogens is 2. The molecule has 1 aliphatic heterocycles. The van der Waals surface area contributed by atoms with Gasteiger partial charge in [0.25, 0.3) is 0 Å². The van der Waals surface area contributed by atoms with Crippen molar-refractivity contribution in [3.05, 3.63) is 70.8 Å². The average molecular weight is 360 g/mol. The van der Waals surface area contributed by atoms with Crippen molar-refractivity contribution in [1.82, 2.24) is 4.90 Å². The number of hydrogen-bond acceptors (Lipinski definition) is 4. The van der Waals surface area contributed by atoms with E-state index in [2.05, 4.69) is 0 Å². The van der Waals surface area contributed by atoms with E-state index in [1.165, 1.54) is 18.2 Å². The van der Waals surface area contributed by atoms with Crippen LogP contribution < -0.4 is 0 Å². The van der Waals surface area contributed by atoms with E-state index in [9.17, 15) is 28.7 Å². The lowest BCUT2D eigenvalue weighted by molar-refractivity contribution is -0.127. The third kappa shape index (κ3) is 2.53. The average Bonchev–Trinajstić information content (AvgIpc) is 2.95. The summed E-state index contributed by atoms with van der Waals surface area (Å²) in [7, 11) is 0. The fraction of sp³-hybridized carbons (Fsp3) is 0.118. The molecule has 0 radical (unpaired) electrons. The van der Waals surface area contributed by atoms with Gasteiger partial charge < -0.3 is 5.11 Å². The van der Waals surface area contributed by atoms with Gasteiger partial charge in [-0.15, -0.1) is 11.8 Å². The maximum absolute atomic E-state index is 13.8. The highest BCUT2D eigenvalue weighted by atomic mass is 32.2. The third-order valence-electron chi connectivity index (χ3n) is 3.88.